The Hall–Kier alpha value is -2.09. The van der Waals surface area contributed by atoms with Crippen molar-refractivity contribution in [2.45, 2.75) is 32.6 Å². The lowest BCUT2D eigenvalue weighted by Crippen LogP contribution is -2.05. The van der Waals surface area contributed by atoms with Crippen LogP contribution in [0, 0.1) is 5.21 Å². The van der Waals surface area contributed by atoms with Crippen molar-refractivity contribution in [1.29, 1.82) is 0 Å². The van der Waals surface area contributed by atoms with Gasteiger partial charge in [-0.1, -0.05) is 36.4 Å². The van der Waals surface area contributed by atoms with Gasteiger partial charge in [-0.25, -0.2) is 0 Å². The fourth-order valence-corrected chi connectivity index (χ4v) is 2.82. The van der Waals surface area contributed by atoms with Gasteiger partial charge in [0.15, 0.2) is 0 Å². The molecule has 4 bridgehead atoms. The van der Waals surface area contributed by atoms with E-state index in [0.29, 0.717) is 5.71 Å². The van der Waals surface area contributed by atoms with Crippen molar-refractivity contribution < 1.29 is 0 Å². The zero-order chi connectivity index (χ0) is 13.9. The Balaban J connectivity index is 2.04. The number of benzene rings is 2. The van der Waals surface area contributed by atoms with Crippen molar-refractivity contribution >= 4 is 5.71 Å². The number of aryl methyl sites for hydroxylation is 4. The van der Waals surface area contributed by atoms with E-state index in [4.69, 9.17) is 0 Å². The molecular weight excluding hydrogens is 246 g/mol. The molecule has 0 amide bonds. The zero-order valence-corrected chi connectivity index (χ0v) is 11.7. The van der Waals surface area contributed by atoms with E-state index in [1.165, 1.54) is 22.3 Å². The largest absolute Gasteiger partial charge is 0.792 e. The second-order valence-electron chi connectivity index (χ2n) is 5.48. The van der Waals surface area contributed by atoms with Crippen LogP contribution in [0.4, 0.5) is 0 Å². The quantitative estimate of drug-likeness (QED) is 0.568. The maximum absolute atomic E-state index is 10.9. The monoisotopic (exact) mass is 264 g/mol. The summed E-state index contributed by atoms with van der Waals surface area (Å²) in [5, 5.41) is 14.0. The highest BCUT2D eigenvalue weighted by Crippen LogP contribution is 2.20. The summed E-state index contributed by atoms with van der Waals surface area (Å²) in [5.74, 6) is 0. The minimum Gasteiger partial charge on any atom is -0.792 e. The third-order valence-corrected chi connectivity index (χ3v) is 4.11. The Morgan fingerprint density at radius 3 is 2.05 bits per heavy atom. The highest BCUT2D eigenvalue weighted by molar-refractivity contribution is 6.00. The molecule has 0 fully saturated rings. The lowest BCUT2D eigenvalue weighted by Gasteiger charge is -2.15. The fraction of sp³-hybridized carbons (Fsp3) is 0.278. The van der Waals surface area contributed by atoms with Gasteiger partial charge in [-0.2, -0.15) is 0 Å². The van der Waals surface area contributed by atoms with Crippen molar-refractivity contribution in [1.82, 2.24) is 0 Å². The van der Waals surface area contributed by atoms with Crippen molar-refractivity contribution in [3.05, 3.63) is 75.5 Å². The molecule has 0 aromatic heterocycles. The van der Waals surface area contributed by atoms with Gasteiger partial charge in [0.1, 0.15) is 0 Å². The van der Waals surface area contributed by atoms with Crippen molar-refractivity contribution in [2.24, 2.45) is 5.16 Å². The van der Waals surface area contributed by atoms with Crippen LogP contribution in [0.5, 0.6) is 0 Å². The molecule has 20 heavy (non-hydrogen) atoms. The Morgan fingerprint density at radius 1 is 0.850 bits per heavy atom. The van der Waals surface area contributed by atoms with E-state index in [-0.39, 0.29) is 0 Å². The molecule has 102 valence electrons. The van der Waals surface area contributed by atoms with E-state index in [1.54, 1.807) is 6.92 Å². The molecule has 0 atom stereocenters. The number of nitrogens with zero attached hydrogens (tertiary/aromatic N) is 1. The predicted octanol–water partition coefficient (Wildman–Crippen LogP) is 3.88. The van der Waals surface area contributed by atoms with Gasteiger partial charge in [0.05, 0.1) is 0 Å². The van der Waals surface area contributed by atoms with Crippen LogP contribution in [0.3, 0.4) is 0 Å². The predicted molar refractivity (Wildman–Crippen MR) is 83.3 cm³/mol. The lowest BCUT2D eigenvalue weighted by molar-refractivity contribution is 0.919. The second-order valence-corrected chi connectivity index (χ2v) is 5.48. The van der Waals surface area contributed by atoms with E-state index in [1.807, 2.05) is 0 Å². The molecule has 2 aromatic carbocycles. The lowest BCUT2D eigenvalue weighted by atomic mass is 9.92. The highest BCUT2D eigenvalue weighted by atomic mass is 16.4. The summed E-state index contributed by atoms with van der Waals surface area (Å²) in [5.41, 5.74) is 6.82. The highest BCUT2D eigenvalue weighted by Gasteiger charge is 2.09. The maximum Gasteiger partial charge on any atom is 0.0337 e. The standard InChI is InChI=1S/C18H19NO/c1-13(19-20)18-12-16-7-6-14-2-4-15(5-3-14)8-10-17(18)11-9-16/h2-5,9,11-12,20H,6-8,10H2,1H3/p-1/b19-13-. The number of hydrogen-bond acceptors (Lipinski definition) is 2. The van der Waals surface area contributed by atoms with Crippen molar-refractivity contribution in [2.75, 3.05) is 0 Å². The molecule has 0 aliphatic heterocycles. The molecular formula is C18H18NO-. The molecule has 0 unspecified atom stereocenters. The molecule has 0 saturated carbocycles. The molecule has 6 rings (SSSR count). The van der Waals surface area contributed by atoms with Gasteiger partial charge in [0.2, 0.25) is 0 Å². The van der Waals surface area contributed by atoms with Crippen LogP contribution in [0.2, 0.25) is 0 Å². The van der Waals surface area contributed by atoms with Crippen LogP contribution < -0.4 is 0 Å². The van der Waals surface area contributed by atoms with Gasteiger partial charge in [-0.05, 0) is 66.5 Å². The molecule has 0 N–H and O–H groups in total. The molecule has 0 spiro atoms. The van der Waals surface area contributed by atoms with E-state index >= 15 is 0 Å². The molecule has 0 saturated heterocycles. The first-order valence-electron chi connectivity index (χ1n) is 7.13. The van der Waals surface area contributed by atoms with Crippen LogP contribution in [-0.2, 0) is 25.7 Å². The number of rotatable bonds is 1. The molecule has 2 heteroatoms. The topological polar surface area (TPSA) is 35.4 Å². The van der Waals surface area contributed by atoms with Gasteiger partial charge in [-0.3, -0.25) is 0 Å². The van der Waals surface area contributed by atoms with Gasteiger partial charge in [-0.15, -0.1) is 0 Å². The third kappa shape index (κ3) is 2.60. The molecule has 0 heterocycles. The zero-order valence-electron chi connectivity index (χ0n) is 11.7. The van der Waals surface area contributed by atoms with E-state index < -0.39 is 0 Å². The number of hydrogen-bond donors (Lipinski definition) is 0. The van der Waals surface area contributed by atoms with E-state index in [2.05, 4.69) is 47.6 Å². The SMILES string of the molecule is C/C(=N/[O-])c1cc2ccc1CCc1ccc(cc1)CC2. The minimum absolute atomic E-state index is 0.591. The minimum atomic E-state index is 0.591. The average molecular weight is 264 g/mol. The van der Waals surface area contributed by atoms with Crippen LogP contribution >= 0.6 is 0 Å². The fourth-order valence-electron chi connectivity index (χ4n) is 2.82. The van der Waals surface area contributed by atoms with Gasteiger partial charge >= 0.3 is 0 Å². The summed E-state index contributed by atoms with van der Waals surface area (Å²) in [6.45, 7) is 1.80. The van der Waals surface area contributed by atoms with Gasteiger partial charge in [0, 0.05) is 5.71 Å². The first-order chi connectivity index (χ1) is 9.76. The Labute approximate surface area is 119 Å². The first kappa shape index (κ1) is 12.9. The third-order valence-electron chi connectivity index (χ3n) is 4.11. The van der Waals surface area contributed by atoms with Gasteiger partial charge in [0.25, 0.3) is 0 Å². The summed E-state index contributed by atoms with van der Waals surface area (Å²) in [7, 11) is 0. The van der Waals surface area contributed by atoms with Crippen LogP contribution in [0.15, 0.2) is 47.6 Å². The maximum atomic E-state index is 10.9. The van der Waals surface area contributed by atoms with Crippen LogP contribution in [0.1, 0.15) is 34.7 Å². The van der Waals surface area contributed by atoms with Gasteiger partial charge < -0.3 is 10.4 Å². The molecule has 0 radical (unpaired) electrons. The second kappa shape index (κ2) is 5.49. The molecule has 4 aliphatic rings. The van der Waals surface area contributed by atoms with Crippen molar-refractivity contribution in [3.63, 3.8) is 0 Å². The average Bonchev–Trinajstić information content (AvgIpc) is 2.49. The Morgan fingerprint density at radius 2 is 1.40 bits per heavy atom. The van der Waals surface area contributed by atoms with E-state index in [9.17, 15) is 5.21 Å². The summed E-state index contributed by atoms with van der Waals surface area (Å²) < 4.78 is 0. The smallest absolute Gasteiger partial charge is 0.0337 e. The van der Waals surface area contributed by atoms with Crippen molar-refractivity contribution in [3.8, 4) is 0 Å². The van der Waals surface area contributed by atoms with Crippen LogP contribution in [0.25, 0.3) is 0 Å². The molecule has 2 aromatic rings. The summed E-state index contributed by atoms with van der Waals surface area (Å²) >= 11 is 0. The normalized spacial score (nSPS) is 14.9. The summed E-state index contributed by atoms with van der Waals surface area (Å²) in [6.07, 6.45) is 3.98. The summed E-state index contributed by atoms with van der Waals surface area (Å²) in [6, 6.07) is 15.4. The Bertz CT molecular complexity index is 641. The summed E-state index contributed by atoms with van der Waals surface area (Å²) in [4.78, 5) is 0. The molecule has 4 aliphatic carbocycles. The molecule has 2 nitrogen and oxygen atoms in total. The van der Waals surface area contributed by atoms with E-state index in [0.717, 1.165) is 31.2 Å². The first-order valence-corrected chi connectivity index (χ1v) is 7.13. The Kier molecular flexibility index (Phi) is 3.55. The van der Waals surface area contributed by atoms with Crippen LogP contribution in [-0.4, -0.2) is 5.71 Å².